The van der Waals surface area contributed by atoms with E-state index in [-0.39, 0.29) is 23.7 Å². The summed E-state index contributed by atoms with van der Waals surface area (Å²) in [6.45, 7) is 9.30. The molecule has 1 amide bonds. The van der Waals surface area contributed by atoms with Gasteiger partial charge in [-0.3, -0.25) is 9.69 Å². The second-order valence-corrected chi connectivity index (χ2v) is 9.98. The number of halogens is 1. The number of piperidine rings is 1. The summed E-state index contributed by atoms with van der Waals surface area (Å²) >= 11 is 0. The molecule has 2 aliphatic heterocycles. The molecule has 2 saturated heterocycles. The van der Waals surface area contributed by atoms with Crippen LogP contribution in [-0.4, -0.2) is 48.5 Å². The topological polar surface area (TPSA) is 32.8 Å². The first-order valence-corrected chi connectivity index (χ1v) is 11.2. The first-order chi connectivity index (χ1) is 14.8. The predicted octanol–water partition coefficient (Wildman–Crippen LogP) is 4.70. The molecule has 2 fully saturated rings. The molecule has 2 aliphatic rings. The molecule has 3 atom stereocenters. The number of amides is 1. The van der Waals surface area contributed by atoms with Crippen molar-refractivity contribution >= 4 is 5.91 Å². The number of ether oxygens (including phenoxy) is 1. The van der Waals surface area contributed by atoms with Crippen molar-refractivity contribution in [2.75, 3.05) is 26.7 Å². The third-order valence-electron chi connectivity index (χ3n) is 6.73. The average molecular weight is 425 g/mol. The summed E-state index contributed by atoms with van der Waals surface area (Å²) in [6, 6.07) is 15.4. The number of rotatable bonds is 4. The number of benzene rings is 2. The SMILES string of the molecule is COc1cccc([C@H]2CN(C(=O)C(C)(C)C)[C@@H]3CCN(Cc4cccc(F)c4)C[C@H]23)c1. The Hall–Kier alpha value is -2.40. The standard InChI is InChI=1S/C26H33FN2O2/c1-26(2,3)25(30)29-17-22(19-8-6-10-21(14-19)31-4)23-16-28(12-11-24(23)29)15-18-7-5-9-20(27)13-18/h5-10,13-14,22-24H,11-12,15-17H2,1-4H3/t22-,23-,24-/m1/s1. The van der Waals surface area contributed by atoms with Gasteiger partial charge in [0.05, 0.1) is 7.11 Å². The van der Waals surface area contributed by atoms with Crippen LogP contribution in [-0.2, 0) is 11.3 Å². The van der Waals surface area contributed by atoms with Crippen LogP contribution in [0.25, 0.3) is 0 Å². The van der Waals surface area contributed by atoms with E-state index in [1.54, 1.807) is 19.2 Å². The van der Waals surface area contributed by atoms with Crippen LogP contribution in [0.15, 0.2) is 48.5 Å². The minimum atomic E-state index is -0.396. The molecule has 4 nitrogen and oxygen atoms in total. The Morgan fingerprint density at radius 1 is 1.13 bits per heavy atom. The smallest absolute Gasteiger partial charge is 0.228 e. The van der Waals surface area contributed by atoms with Gasteiger partial charge in [-0.1, -0.05) is 45.0 Å². The summed E-state index contributed by atoms with van der Waals surface area (Å²) in [5.74, 6) is 1.50. The van der Waals surface area contributed by atoms with E-state index in [0.29, 0.717) is 5.92 Å². The Labute approximate surface area is 185 Å². The Kier molecular flexibility index (Phi) is 6.07. The molecule has 166 valence electrons. The lowest BCUT2D eigenvalue weighted by atomic mass is 9.81. The van der Waals surface area contributed by atoms with Crippen LogP contribution in [0.1, 0.15) is 44.2 Å². The molecule has 31 heavy (non-hydrogen) atoms. The first kappa shape index (κ1) is 21.8. The fourth-order valence-electron chi connectivity index (χ4n) is 5.23. The van der Waals surface area contributed by atoms with Crippen molar-refractivity contribution in [2.45, 2.75) is 45.7 Å². The van der Waals surface area contributed by atoms with Gasteiger partial charge in [-0.25, -0.2) is 4.39 Å². The number of carbonyl (C=O) groups excluding carboxylic acids is 1. The van der Waals surface area contributed by atoms with Gasteiger partial charge in [0.1, 0.15) is 11.6 Å². The highest BCUT2D eigenvalue weighted by atomic mass is 19.1. The molecule has 0 N–H and O–H groups in total. The highest BCUT2D eigenvalue weighted by Crippen LogP contribution is 2.43. The van der Waals surface area contributed by atoms with E-state index in [9.17, 15) is 9.18 Å². The first-order valence-electron chi connectivity index (χ1n) is 11.2. The normalized spacial score (nSPS) is 24.2. The molecule has 0 unspecified atom stereocenters. The zero-order valence-corrected chi connectivity index (χ0v) is 19.0. The number of nitrogens with zero attached hydrogens (tertiary/aromatic N) is 2. The zero-order chi connectivity index (χ0) is 22.2. The van der Waals surface area contributed by atoms with Crippen molar-refractivity contribution in [3.8, 4) is 5.75 Å². The molecule has 2 aromatic carbocycles. The summed E-state index contributed by atoms with van der Waals surface area (Å²) in [5, 5.41) is 0. The molecular formula is C26H33FN2O2. The van der Waals surface area contributed by atoms with Crippen molar-refractivity contribution in [3.05, 3.63) is 65.5 Å². The van der Waals surface area contributed by atoms with Gasteiger partial charge in [0.25, 0.3) is 0 Å². The van der Waals surface area contributed by atoms with Crippen LogP contribution in [0.4, 0.5) is 4.39 Å². The lowest BCUT2D eigenvalue weighted by molar-refractivity contribution is -0.141. The van der Waals surface area contributed by atoms with Gasteiger partial charge in [-0.05, 0) is 41.8 Å². The lowest BCUT2D eigenvalue weighted by Gasteiger charge is -2.40. The Morgan fingerprint density at radius 3 is 2.61 bits per heavy atom. The monoisotopic (exact) mass is 424 g/mol. The van der Waals surface area contributed by atoms with Gasteiger partial charge in [0.2, 0.25) is 5.91 Å². The fraction of sp³-hybridized carbons (Fsp3) is 0.500. The van der Waals surface area contributed by atoms with Gasteiger partial charge in [-0.15, -0.1) is 0 Å². The maximum Gasteiger partial charge on any atom is 0.228 e. The van der Waals surface area contributed by atoms with Crippen molar-refractivity contribution in [1.29, 1.82) is 0 Å². The number of hydrogen-bond donors (Lipinski definition) is 0. The highest BCUT2D eigenvalue weighted by molar-refractivity contribution is 5.82. The molecule has 0 aromatic heterocycles. The minimum absolute atomic E-state index is 0.190. The third kappa shape index (κ3) is 4.62. The van der Waals surface area contributed by atoms with E-state index in [4.69, 9.17) is 4.74 Å². The second-order valence-electron chi connectivity index (χ2n) is 9.98. The molecule has 0 saturated carbocycles. The van der Waals surface area contributed by atoms with E-state index < -0.39 is 5.41 Å². The highest BCUT2D eigenvalue weighted by Gasteiger charge is 2.48. The van der Waals surface area contributed by atoms with E-state index in [2.05, 4.69) is 21.9 Å². The molecular weight excluding hydrogens is 391 g/mol. The number of likely N-dealkylation sites (tertiary alicyclic amines) is 2. The van der Waals surface area contributed by atoms with Crippen LogP contribution < -0.4 is 4.74 Å². The maximum absolute atomic E-state index is 13.7. The lowest BCUT2D eigenvalue weighted by Crippen LogP contribution is -2.49. The third-order valence-corrected chi connectivity index (χ3v) is 6.73. The van der Waals surface area contributed by atoms with Crippen molar-refractivity contribution in [2.24, 2.45) is 11.3 Å². The summed E-state index contributed by atoms with van der Waals surface area (Å²) in [7, 11) is 1.69. The molecule has 0 spiro atoms. The van der Waals surface area contributed by atoms with Gasteiger partial charge >= 0.3 is 0 Å². The molecule has 4 rings (SSSR count). The van der Waals surface area contributed by atoms with Crippen LogP contribution in [0.3, 0.4) is 0 Å². The Bertz CT molecular complexity index is 939. The summed E-state index contributed by atoms with van der Waals surface area (Å²) < 4.78 is 19.1. The predicted molar refractivity (Wildman–Crippen MR) is 120 cm³/mol. The van der Waals surface area contributed by atoms with Gasteiger partial charge < -0.3 is 9.64 Å². The van der Waals surface area contributed by atoms with Crippen molar-refractivity contribution < 1.29 is 13.9 Å². The van der Waals surface area contributed by atoms with E-state index in [1.807, 2.05) is 39.0 Å². The Morgan fingerprint density at radius 2 is 1.90 bits per heavy atom. The largest absolute Gasteiger partial charge is 0.497 e. The van der Waals surface area contributed by atoms with E-state index in [1.165, 1.54) is 11.6 Å². The molecule has 5 heteroatoms. The quantitative estimate of drug-likeness (QED) is 0.713. The maximum atomic E-state index is 13.7. The molecule has 2 aromatic rings. The molecule has 2 heterocycles. The van der Waals surface area contributed by atoms with Crippen LogP contribution in [0.5, 0.6) is 5.75 Å². The second kappa shape index (κ2) is 8.62. The summed E-state index contributed by atoms with van der Waals surface area (Å²) in [4.78, 5) is 17.8. The summed E-state index contributed by atoms with van der Waals surface area (Å²) in [6.07, 6.45) is 0.947. The van der Waals surface area contributed by atoms with E-state index >= 15 is 0 Å². The number of carbonyl (C=O) groups is 1. The van der Waals surface area contributed by atoms with Gasteiger partial charge in [-0.2, -0.15) is 0 Å². The van der Waals surface area contributed by atoms with E-state index in [0.717, 1.165) is 43.9 Å². The number of hydrogen-bond acceptors (Lipinski definition) is 3. The Balaban J connectivity index is 1.60. The van der Waals surface area contributed by atoms with Crippen molar-refractivity contribution in [3.63, 3.8) is 0 Å². The molecule has 0 bridgehead atoms. The number of fused-ring (bicyclic) bond motifs is 1. The average Bonchev–Trinajstić information content (AvgIpc) is 3.11. The summed E-state index contributed by atoms with van der Waals surface area (Å²) in [5.41, 5.74) is 1.83. The number of methoxy groups -OCH3 is 1. The fourth-order valence-corrected chi connectivity index (χ4v) is 5.23. The van der Waals surface area contributed by atoms with Crippen LogP contribution in [0, 0.1) is 17.2 Å². The zero-order valence-electron chi connectivity index (χ0n) is 19.0. The molecule has 0 radical (unpaired) electrons. The van der Waals surface area contributed by atoms with Gasteiger partial charge in [0, 0.05) is 49.5 Å². The van der Waals surface area contributed by atoms with Crippen molar-refractivity contribution in [1.82, 2.24) is 9.80 Å². The molecule has 0 aliphatic carbocycles. The van der Waals surface area contributed by atoms with Crippen LogP contribution >= 0.6 is 0 Å². The van der Waals surface area contributed by atoms with Crippen LogP contribution in [0.2, 0.25) is 0 Å². The minimum Gasteiger partial charge on any atom is -0.497 e. The van der Waals surface area contributed by atoms with Gasteiger partial charge in [0.15, 0.2) is 0 Å².